The molecule has 0 aliphatic rings. The number of thiophene rings is 1. The minimum atomic E-state index is -0.168. The van der Waals surface area contributed by atoms with Gasteiger partial charge in [0.25, 0.3) is 5.91 Å². The van der Waals surface area contributed by atoms with E-state index in [1.807, 2.05) is 18.4 Å². The van der Waals surface area contributed by atoms with Crippen molar-refractivity contribution in [1.29, 1.82) is 0 Å². The lowest BCUT2D eigenvalue weighted by Crippen LogP contribution is -2.14. The number of carbonyl (C=O) groups excluding carboxylic acids is 1. The Bertz CT molecular complexity index is 667. The number of benzene rings is 1. The van der Waals surface area contributed by atoms with Crippen LogP contribution in [0.15, 0.2) is 29.6 Å². The first kappa shape index (κ1) is 15.0. The predicted molar refractivity (Wildman–Crippen MR) is 89.0 cm³/mol. The molecule has 3 nitrogen and oxygen atoms in total. The molecule has 1 aromatic carbocycles. The highest BCUT2D eigenvalue weighted by atomic mass is 35.5. The lowest BCUT2D eigenvalue weighted by Gasteiger charge is -2.09. The molecule has 0 unspecified atom stereocenters. The lowest BCUT2D eigenvalue weighted by atomic mass is 10.2. The van der Waals surface area contributed by atoms with Crippen molar-refractivity contribution in [3.8, 4) is 0 Å². The number of rotatable bonds is 4. The number of aryl methyl sites for hydroxylation is 1. The van der Waals surface area contributed by atoms with Crippen LogP contribution in [0.1, 0.15) is 27.7 Å². The second-order valence-corrected chi connectivity index (χ2v) is 5.90. The smallest absolute Gasteiger partial charge is 0.266 e. The first-order chi connectivity index (χ1) is 9.52. The summed E-state index contributed by atoms with van der Waals surface area (Å²) in [6.45, 7) is 2.01. The van der Waals surface area contributed by atoms with Crippen molar-refractivity contribution in [3.05, 3.63) is 50.7 Å². The van der Waals surface area contributed by atoms with Crippen molar-refractivity contribution in [3.63, 3.8) is 0 Å². The van der Waals surface area contributed by atoms with Gasteiger partial charge in [-0.1, -0.05) is 36.8 Å². The molecule has 0 aliphatic carbocycles. The molecule has 0 radical (unpaired) electrons. The predicted octanol–water partition coefficient (Wildman–Crippen LogP) is 3.85. The van der Waals surface area contributed by atoms with Crippen molar-refractivity contribution in [1.82, 2.24) is 0 Å². The third-order valence-electron chi connectivity index (χ3n) is 2.83. The van der Waals surface area contributed by atoms with Crippen molar-refractivity contribution < 1.29 is 4.79 Å². The molecule has 6 heteroatoms. The highest BCUT2D eigenvalue weighted by molar-refractivity contribution is 7.80. The van der Waals surface area contributed by atoms with Crippen molar-refractivity contribution in [2.24, 2.45) is 5.73 Å². The van der Waals surface area contributed by atoms with E-state index in [2.05, 4.69) is 5.32 Å². The van der Waals surface area contributed by atoms with Gasteiger partial charge >= 0.3 is 0 Å². The molecule has 2 rings (SSSR count). The van der Waals surface area contributed by atoms with Crippen molar-refractivity contribution in [2.45, 2.75) is 13.3 Å². The molecule has 104 valence electrons. The number of nitrogens with two attached hydrogens (primary N) is 1. The summed E-state index contributed by atoms with van der Waals surface area (Å²) in [6.07, 6.45) is 0.812. The molecule has 0 aliphatic heterocycles. The summed E-state index contributed by atoms with van der Waals surface area (Å²) >= 11 is 12.4. The zero-order valence-corrected chi connectivity index (χ0v) is 13.2. The minimum absolute atomic E-state index is 0.168. The summed E-state index contributed by atoms with van der Waals surface area (Å²) in [7, 11) is 0. The fourth-order valence-electron chi connectivity index (χ4n) is 1.77. The monoisotopic (exact) mass is 324 g/mol. The van der Waals surface area contributed by atoms with Crippen LogP contribution in [0.4, 0.5) is 5.69 Å². The number of halogens is 1. The van der Waals surface area contributed by atoms with Crippen LogP contribution in [-0.4, -0.2) is 10.9 Å². The van der Waals surface area contributed by atoms with Crippen molar-refractivity contribution in [2.75, 3.05) is 5.32 Å². The molecule has 0 bridgehead atoms. The average molecular weight is 325 g/mol. The van der Waals surface area contributed by atoms with Gasteiger partial charge in [0.2, 0.25) is 0 Å². The highest BCUT2D eigenvalue weighted by Gasteiger charge is 2.14. The van der Waals surface area contributed by atoms with Gasteiger partial charge in [-0.25, -0.2) is 0 Å². The van der Waals surface area contributed by atoms with E-state index in [0.29, 0.717) is 21.2 Å². The van der Waals surface area contributed by atoms with E-state index in [0.717, 1.165) is 12.0 Å². The van der Waals surface area contributed by atoms with Crippen LogP contribution in [0.3, 0.4) is 0 Å². The Morgan fingerprint density at radius 1 is 1.45 bits per heavy atom. The van der Waals surface area contributed by atoms with E-state index in [1.165, 1.54) is 11.3 Å². The molecule has 1 amide bonds. The lowest BCUT2D eigenvalue weighted by molar-refractivity contribution is 0.103. The van der Waals surface area contributed by atoms with Gasteiger partial charge in [-0.3, -0.25) is 4.79 Å². The second-order valence-electron chi connectivity index (χ2n) is 4.14. The van der Waals surface area contributed by atoms with E-state index < -0.39 is 0 Å². The van der Waals surface area contributed by atoms with Crippen LogP contribution < -0.4 is 11.1 Å². The summed E-state index contributed by atoms with van der Waals surface area (Å²) in [5.41, 5.74) is 7.78. The highest BCUT2D eigenvalue weighted by Crippen LogP contribution is 2.25. The molecule has 3 N–H and O–H groups in total. The zero-order chi connectivity index (χ0) is 14.7. The topological polar surface area (TPSA) is 55.1 Å². The molecule has 1 aromatic heterocycles. The van der Waals surface area contributed by atoms with Crippen LogP contribution in [0.2, 0.25) is 5.02 Å². The minimum Gasteiger partial charge on any atom is -0.389 e. The van der Waals surface area contributed by atoms with Gasteiger partial charge < -0.3 is 11.1 Å². The molecule has 20 heavy (non-hydrogen) atoms. The molecule has 0 saturated heterocycles. The van der Waals surface area contributed by atoms with Crippen LogP contribution in [-0.2, 0) is 6.42 Å². The SMILES string of the molecule is CCc1ccsc1C(=O)Nc1cc(C(N)=S)ccc1Cl. The van der Waals surface area contributed by atoms with Gasteiger partial charge in [-0.2, -0.15) is 0 Å². The van der Waals surface area contributed by atoms with E-state index in [4.69, 9.17) is 29.6 Å². The standard InChI is InChI=1S/C14H13ClN2OS2/c1-2-8-5-6-20-12(8)14(18)17-11-7-9(13(16)19)3-4-10(11)15/h3-7H,2H2,1H3,(H2,16,19)(H,17,18). The molecular formula is C14H13ClN2OS2. The molecule has 0 saturated carbocycles. The Balaban J connectivity index is 2.28. The van der Waals surface area contributed by atoms with Gasteiger partial charge in [0.15, 0.2) is 0 Å². The third kappa shape index (κ3) is 3.17. The van der Waals surface area contributed by atoms with Crippen molar-refractivity contribution >= 4 is 51.7 Å². The number of anilines is 1. The molecule has 2 aromatic rings. The summed E-state index contributed by atoms with van der Waals surface area (Å²) in [5, 5.41) is 5.16. The Morgan fingerprint density at radius 3 is 2.85 bits per heavy atom. The second kappa shape index (κ2) is 6.35. The van der Waals surface area contributed by atoms with Crippen LogP contribution in [0.5, 0.6) is 0 Å². The fraction of sp³-hybridized carbons (Fsp3) is 0.143. The van der Waals surface area contributed by atoms with E-state index in [1.54, 1.807) is 18.2 Å². The van der Waals surface area contributed by atoms with E-state index >= 15 is 0 Å². The first-order valence-corrected chi connectivity index (χ1v) is 7.66. The Kier molecular flexibility index (Phi) is 4.75. The normalized spacial score (nSPS) is 10.3. The Labute approximate surface area is 131 Å². The maximum Gasteiger partial charge on any atom is 0.266 e. The number of hydrogen-bond acceptors (Lipinski definition) is 3. The zero-order valence-electron chi connectivity index (χ0n) is 10.8. The van der Waals surface area contributed by atoms with E-state index in [-0.39, 0.29) is 10.9 Å². The number of hydrogen-bond donors (Lipinski definition) is 2. The largest absolute Gasteiger partial charge is 0.389 e. The maximum atomic E-state index is 12.3. The van der Waals surface area contributed by atoms with Gasteiger partial charge in [-0.05, 0) is 35.6 Å². The van der Waals surface area contributed by atoms with Gasteiger partial charge in [0.05, 0.1) is 15.6 Å². The fourth-order valence-corrected chi connectivity index (χ4v) is 2.95. The summed E-state index contributed by atoms with van der Waals surface area (Å²) in [4.78, 5) is 13.2. The molecular weight excluding hydrogens is 312 g/mol. The van der Waals surface area contributed by atoms with Crippen LogP contribution in [0.25, 0.3) is 0 Å². The van der Waals surface area contributed by atoms with Gasteiger partial charge in [0.1, 0.15) is 4.99 Å². The third-order valence-corrected chi connectivity index (χ3v) is 4.35. The Hall–Kier alpha value is -1.43. The average Bonchev–Trinajstić information content (AvgIpc) is 2.89. The van der Waals surface area contributed by atoms with Gasteiger partial charge in [-0.15, -0.1) is 11.3 Å². The maximum absolute atomic E-state index is 12.3. The molecule has 0 atom stereocenters. The van der Waals surface area contributed by atoms with Crippen LogP contribution >= 0.6 is 35.2 Å². The molecule has 1 heterocycles. The van der Waals surface area contributed by atoms with Crippen LogP contribution in [0, 0.1) is 0 Å². The Morgan fingerprint density at radius 2 is 2.20 bits per heavy atom. The number of thiocarbonyl (C=S) groups is 1. The number of nitrogens with one attached hydrogen (secondary N) is 1. The quantitative estimate of drug-likeness (QED) is 0.840. The molecule has 0 fully saturated rings. The summed E-state index contributed by atoms with van der Waals surface area (Å²) < 4.78 is 0. The number of carbonyl (C=O) groups is 1. The number of amides is 1. The summed E-state index contributed by atoms with van der Waals surface area (Å²) in [6, 6.07) is 7.03. The van der Waals surface area contributed by atoms with E-state index in [9.17, 15) is 4.79 Å². The summed E-state index contributed by atoms with van der Waals surface area (Å²) in [5.74, 6) is -0.168. The van der Waals surface area contributed by atoms with Gasteiger partial charge in [0, 0.05) is 5.56 Å². The first-order valence-electron chi connectivity index (χ1n) is 6.00. The molecule has 0 spiro atoms.